The van der Waals surface area contributed by atoms with Gasteiger partial charge in [0, 0.05) is 13.0 Å². The van der Waals surface area contributed by atoms with Gasteiger partial charge in [-0.2, -0.15) is 0 Å². The largest absolute Gasteiger partial charge is 0.481 e. The molecule has 0 radical (unpaired) electrons. The Morgan fingerprint density at radius 2 is 1.58 bits per heavy atom. The van der Waals surface area contributed by atoms with Crippen LogP contribution in [0.1, 0.15) is 38.5 Å². The van der Waals surface area contributed by atoms with Crippen LogP contribution in [0.2, 0.25) is 0 Å². The summed E-state index contributed by atoms with van der Waals surface area (Å²) in [5, 5.41) is 31.4. The summed E-state index contributed by atoms with van der Waals surface area (Å²) in [5.74, 6) is -7.79. The third kappa shape index (κ3) is 8.72. The van der Waals surface area contributed by atoms with Crippen LogP contribution in [0.25, 0.3) is 0 Å². The molecule has 0 saturated carbocycles. The topological polar surface area (TPSA) is 260 Å². The van der Waals surface area contributed by atoms with Crippen molar-refractivity contribution in [3.63, 3.8) is 0 Å². The summed E-state index contributed by atoms with van der Waals surface area (Å²) < 4.78 is 0. The molecule has 1 heterocycles. The number of carboxylic acid groups (broad SMARTS) is 3. The van der Waals surface area contributed by atoms with E-state index in [0.29, 0.717) is 6.42 Å². The molecule has 1 rings (SSSR count). The smallest absolute Gasteiger partial charge is 0.326 e. The first-order chi connectivity index (χ1) is 15.3. The molecule has 0 spiro atoms. The zero-order valence-corrected chi connectivity index (χ0v) is 17.6. The first-order valence-corrected chi connectivity index (χ1v) is 9.95. The Bertz CT molecular complexity index is 816. The maximum Gasteiger partial charge on any atom is 0.326 e. The fraction of sp³-hybridized carbons (Fsp3) is 0.611. The number of likely N-dealkylation sites (tertiary alicyclic amines) is 1. The van der Waals surface area contributed by atoms with Gasteiger partial charge < -0.3 is 42.3 Å². The minimum absolute atomic E-state index is 0.0309. The van der Waals surface area contributed by atoms with Gasteiger partial charge in [0.1, 0.15) is 18.1 Å². The number of aliphatic carboxylic acids is 3. The standard InChI is InChI=1S/C18H27N5O10/c19-8(6-12(20)24)15(29)22-10(7-14(27)28)17(31)23-5-1-2-11(23)16(30)21-9(18(32)33)3-4-13(25)26/h8-11H,1-7,19H2,(H2,20,24)(H,21,30)(H,22,29)(H,25,26)(H,27,28)(H,32,33). The molecule has 4 atom stereocenters. The Morgan fingerprint density at radius 1 is 0.939 bits per heavy atom. The van der Waals surface area contributed by atoms with E-state index in [4.69, 9.17) is 21.7 Å². The molecule has 0 aliphatic carbocycles. The Morgan fingerprint density at radius 3 is 2.09 bits per heavy atom. The van der Waals surface area contributed by atoms with E-state index in [1.54, 1.807) is 0 Å². The number of primary amides is 1. The number of carboxylic acids is 3. The Labute approximate surface area is 187 Å². The maximum absolute atomic E-state index is 13.0. The lowest BCUT2D eigenvalue weighted by Gasteiger charge is -2.29. The summed E-state index contributed by atoms with van der Waals surface area (Å²) >= 11 is 0. The van der Waals surface area contributed by atoms with Crippen molar-refractivity contribution in [2.24, 2.45) is 11.5 Å². The Balaban J connectivity index is 2.95. The van der Waals surface area contributed by atoms with Crippen molar-refractivity contribution in [1.82, 2.24) is 15.5 Å². The molecule has 0 aromatic carbocycles. The molecule has 1 aliphatic heterocycles. The minimum Gasteiger partial charge on any atom is -0.481 e. The van der Waals surface area contributed by atoms with Crippen LogP contribution in [-0.4, -0.2) is 92.5 Å². The van der Waals surface area contributed by atoms with Crippen LogP contribution in [0.5, 0.6) is 0 Å². The van der Waals surface area contributed by atoms with E-state index in [2.05, 4.69) is 10.6 Å². The van der Waals surface area contributed by atoms with Gasteiger partial charge in [0.05, 0.1) is 18.9 Å². The van der Waals surface area contributed by atoms with Gasteiger partial charge in [-0.1, -0.05) is 0 Å². The molecule has 184 valence electrons. The quantitative estimate of drug-likeness (QED) is 0.138. The number of carbonyl (C=O) groups excluding carboxylic acids is 4. The van der Waals surface area contributed by atoms with Crippen LogP contribution < -0.4 is 22.1 Å². The molecule has 0 bridgehead atoms. The van der Waals surface area contributed by atoms with Crippen LogP contribution in [0.3, 0.4) is 0 Å². The van der Waals surface area contributed by atoms with E-state index < -0.39 is 85.0 Å². The number of nitrogens with zero attached hydrogens (tertiary/aromatic N) is 1. The second-order valence-corrected chi connectivity index (χ2v) is 7.46. The molecule has 4 amide bonds. The third-order valence-corrected chi connectivity index (χ3v) is 4.85. The second kappa shape index (κ2) is 12.3. The van der Waals surface area contributed by atoms with Gasteiger partial charge in [0.15, 0.2) is 0 Å². The van der Waals surface area contributed by atoms with E-state index in [9.17, 15) is 38.7 Å². The lowest BCUT2D eigenvalue weighted by Crippen LogP contribution is -2.57. The number of hydrogen-bond donors (Lipinski definition) is 7. The van der Waals surface area contributed by atoms with E-state index in [1.165, 1.54) is 0 Å². The fourth-order valence-electron chi connectivity index (χ4n) is 3.26. The van der Waals surface area contributed by atoms with Gasteiger partial charge in [0.2, 0.25) is 23.6 Å². The number of carbonyl (C=O) groups is 7. The Hall–Kier alpha value is -3.75. The lowest BCUT2D eigenvalue weighted by molar-refractivity contribution is -0.147. The molecule has 33 heavy (non-hydrogen) atoms. The van der Waals surface area contributed by atoms with Crippen molar-refractivity contribution in [1.29, 1.82) is 0 Å². The summed E-state index contributed by atoms with van der Waals surface area (Å²) in [6, 6.07) is -5.69. The summed E-state index contributed by atoms with van der Waals surface area (Å²) in [6.07, 6.45) is -1.80. The van der Waals surface area contributed by atoms with Gasteiger partial charge in [-0.15, -0.1) is 0 Å². The highest BCUT2D eigenvalue weighted by Crippen LogP contribution is 2.20. The molecule has 0 aromatic rings. The Kier molecular flexibility index (Phi) is 10.2. The zero-order chi connectivity index (χ0) is 25.3. The molecule has 4 unspecified atom stereocenters. The van der Waals surface area contributed by atoms with Crippen molar-refractivity contribution in [3.05, 3.63) is 0 Å². The van der Waals surface area contributed by atoms with Gasteiger partial charge in [-0.05, 0) is 19.3 Å². The van der Waals surface area contributed by atoms with E-state index in [-0.39, 0.29) is 19.4 Å². The first-order valence-electron chi connectivity index (χ1n) is 9.95. The highest BCUT2D eigenvalue weighted by atomic mass is 16.4. The highest BCUT2D eigenvalue weighted by Gasteiger charge is 2.39. The van der Waals surface area contributed by atoms with Gasteiger partial charge in [0.25, 0.3) is 0 Å². The average Bonchev–Trinajstić information content (AvgIpc) is 3.18. The number of nitrogens with two attached hydrogens (primary N) is 2. The highest BCUT2D eigenvalue weighted by molar-refractivity contribution is 5.96. The van der Waals surface area contributed by atoms with Gasteiger partial charge in [-0.3, -0.25) is 28.8 Å². The summed E-state index contributed by atoms with van der Waals surface area (Å²) in [7, 11) is 0. The molecule has 15 heteroatoms. The number of rotatable bonds is 13. The van der Waals surface area contributed by atoms with E-state index in [0.717, 1.165) is 4.90 Å². The van der Waals surface area contributed by atoms with Crippen LogP contribution in [0.15, 0.2) is 0 Å². The summed E-state index contributed by atoms with van der Waals surface area (Å²) in [4.78, 5) is 82.9. The van der Waals surface area contributed by atoms with Gasteiger partial charge in [-0.25, -0.2) is 4.79 Å². The first kappa shape index (κ1) is 27.3. The molecular weight excluding hydrogens is 446 g/mol. The average molecular weight is 473 g/mol. The molecule has 0 aromatic heterocycles. The second-order valence-electron chi connectivity index (χ2n) is 7.46. The third-order valence-electron chi connectivity index (χ3n) is 4.85. The van der Waals surface area contributed by atoms with Crippen LogP contribution in [0.4, 0.5) is 0 Å². The molecular formula is C18H27N5O10. The zero-order valence-electron chi connectivity index (χ0n) is 17.6. The normalized spacial score (nSPS) is 18.0. The van der Waals surface area contributed by atoms with Crippen molar-refractivity contribution >= 4 is 41.5 Å². The SMILES string of the molecule is NC(=O)CC(N)C(=O)NC(CC(=O)O)C(=O)N1CCCC1C(=O)NC(CCC(=O)O)C(=O)O. The van der Waals surface area contributed by atoms with Gasteiger partial charge >= 0.3 is 17.9 Å². The van der Waals surface area contributed by atoms with Crippen molar-refractivity contribution in [3.8, 4) is 0 Å². The van der Waals surface area contributed by atoms with Crippen molar-refractivity contribution < 1.29 is 48.9 Å². The van der Waals surface area contributed by atoms with Crippen LogP contribution in [-0.2, 0) is 33.6 Å². The lowest BCUT2D eigenvalue weighted by atomic mass is 10.1. The molecule has 1 fully saturated rings. The monoisotopic (exact) mass is 473 g/mol. The fourth-order valence-corrected chi connectivity index (χ4v) is 3.26. The predicted molar refractivity (Wildman–Crippen MR) is 107 cm³/mol. The predicted octanol–water partition coefficient (Wildman–Crippen LogP) is -3.43. The van der Waals surface area contributed by atoms with E-state index >= 15 is 0 Å². The van der Waals surface area contributed by atoms with Crippen molar-refractivity contribution in [2.45, 2.75) is 62.7 Å². The molecule has 1 aliphatic rings. The number of nitrogens with one attached hydrogen (secondary N) is 2. The number of hydrogen-bond acceptors (Lipinski definition) is 8. The van der Waals surface area contributed by atoms with Crippen LogP contribution >= 0.6 is 0 Å². The summed E-state index contributed by atoms with van der Waals surface area (Å²) in [6.45, 7) is 0.0309. The number of amides is 4. The maximum atomic E-state index is 13.0. The molecule has 9 N–H and O–H groups in total. The van der Waals surface area contributed by atoms with Crippen molar-refractivity contribution in [2.75, 3.05) is 6.54 Å². The minimum atomic E-state index is -1.61. The van der Waals surface area contributed by atoms with E-state index in [1.807, 2.05) is 0 Å². The molecule has 15 nitrogen and oxygen atoms in total. The van der Waals surface area contributed by atoms with Crippen LogP contribution in [0, 0.1) is 0 Å². The molecule has 1 saturated heterocycles. The summed E-state index contributed by atoms with van der Waals surface area (Å²) in [5.41, 5.74) is 10.5.